The van der Waals surface area contributed by atoms with E-state index >= 15 is 0 Å². The van der Waals surface area contributed by atoms with E-state index in [1.807, 2.05) is 0 Å². The molecule has 1 N–H and O–H groups in total. The number of alkyl halides is 3. The molecule has 0 spiro atoms. The minimum Gasteiger partial charge on any atom is -0.272 e. The summed E-state index contributed by atoms with van der Waals surface area (Å²) >= 11 is 0. The highest BCUT2D eigenvalue weighted by Gasteiger charge is 2.33. The Labute approximate surface area is 137 Å². The number of rotatable bonds is 6. The van der Waals surface area contributed by atoms with Crippen molar-refractivity contribution in [1.29, 1.82) is 0 Å². The second-order valence-electron chi connectivity index (χ2n) is 5.60. The van der Waals surface area contributed by atoms with Crippen LogP contribution in [-0.4, -0.2) is 34.5 Å². The summed E-state index contributed by atoms with van der Waals surface area (Å²) in [5.74, 6) is -0.252. The van der Waals surface area contributed by atoms with E-state index < -0.39 is 21.9 Å². The average molecular weight is 365 g/mol. The Kier molecular flexibility index (Phi) is 5.04. The van der Waals surface area contributed by atoms with E-state index in [-0.39, 0.29) is 23.9 Å². The summed E-state index contributed by atoms with van der Waals surface area (Å²) in [4.78, 5) is 0.0793. The first-order valence-corrected chi connectivity index (χ1v) is 8.58. The Hall–Kier alpha value is -1.88. The zero-order valence-corrected chi connectivity index (χ0v) is 14.2. The zero-order chi connectivity index (χ0) is 18.1. The fourth-order valence-corrected chi connectivity index (χ4v) is 3.44. The molecule has 2 rings (SSSR count). The predicted molar refractivity (Wildman–Crippen MR) is 79.5 cm³/mol. The van der Waals surface area contributed by atoms with Gasteiger partial charge >= 0.3 is 6.18 Å². The summed E-state index contributed by atoms with van der Waals surface area (Å²) < 4.78 is 67.0. The molecular weight excluding hydrogens is 347 g/mol. The fraction of sp³-hybridized carbons (Fsp3) is 0.538. The Morgan fingerprint density at radius 2 is 2.04 bits per heavy atom. The number of hydrogen-bond acceptors (Lipinski definition) is 4. The van der Waals surface area contributed by atoms with Crippen molar-refractivity contribution in [2.45, 2.75) is 31.5 Å². The molecule has 2 aromatic rings. The van der Waals surface area contributed by atoms with Crippen LogP contribution in [0.4, 0.5) is 13.2 Å². The van der Waals surface area contributed by atoms with Gasteiger partial charge in [-0.05, 0) is 18.9 Å². The van der Waals surface area contributed by atoms with E-state index in [1.54, 1.807) is 20.9 Å². The van der Waals surface area contributed by atoms with Gasteiger partial charge < -0.3 is 0 Å². The molecule has 0 saturated heterocycles. The standard InChI is InChI=1S/C13H18F3N5O2S/c1-9(8-21-5-4-12(19-21)13(14,15)16)6-18-24(22,23)11-7-17-20(3)10(11)2/h4-5,7,9,18H,6,8H2,1-3H3/t9-/m1/s1. The smallest absolute Gasteiger partial charge is 0.272 e. The van der Waals surface area contributed by atoms with E-state index in [1.165, 1.54) is 17.1 Å². The van der Waals surface area contributed by atoms with Crippen molar-refractivity contribution < 1.29 is 21.6 Å². The lowest BCUT2D eigenvalue weighted by Gasteiger charge is -2.13. The second-order valence-corrected chi connectivity index (χ2v) is 7.33. The largest absolute Gasteiger partial charge is 0.435 e. The maximum absolute atomic E-state index is 12.5. The highest BCUT2D eigenvalue weighted by Crippen LogP contribution is 2.27. The monoisotopic (exact) mass is 365 g/mol. The Bertz CT molecular complexity index is 810. The van der Waals surface area contributed by atoms with Gasteiger partial charge in [0.05, 0.1) is 11.9 Å². The number of halogens is 3. The Morgan fingerprint density at radius 3 is 2.54 bits per heavy atom. The molecule has 0 fully saturated rings. The molecule has 24 heavy (non-hydrogen) atoms. The highest BCUT2D eigenvalue weighted by atomic mass is 32.2. The van der Waals surface area contributed by atoms with Crippen LogP contribution >= 0.6 is 0 Å². The van der Waals surface area contributed by atoms with Crippen molar-refractivity contribution in [3.8, 4) is 0 Å². The van der Waals surface area contributed by atoms with Crippen LogP contribution in [0, 0.1) is 12.8 Å². The van der Waals surface area contributed by atoms with Crippen LogP contribution in [0.15, 0.2) is 23.4 Å². The van der Waals surface area contributed by atoms with E-state index in [2.05, 4.69) is 14.9 Å². The lowest BCUT2D eigenvalue weighted by Crippen LogP contribution is -2.30. The van der Waals surface area contributed by atoms with Crippen molar-refractivity contribution in [3.05, 3.63) is 29.8 Å². The minimum absolute atomic E-state index is 0.0673. The molecule has 0 amide bonds. The van der Waals surface area contributed by atoms with Gasteiger partial charge in [-0.2, -0.15) is 23.4 Å². The molecule has 7 nitrogen and oxygen atoms in total. The highest BCUT2D eigenvalue weighted by molar-refractivity contribution is 7.89. The van der Waals surface area contributed by atoms with Crippen LogP contribution in [0.3, 0.4) is 0 Å². The fourth-order valence-electron chi connectivity index (χ4n) is 2.07. The van der Waals surface area contributed by atoms with Gasteiger partial charge in [0, 0.05) is 26.3 Å². The van der Waals surface area contributed by atoms with Crippen molar-refractivity contribution in [2.24, 2.45) is 13.0 Å². The van der Waals surface area contributed by atoms with Crippen molar-refractivity contribution in [3.63, 3.8) is 0 Å². The molecule has 11 heteroatoms. The molecule has 0 saturated carbocycles. The summed E-state index contributed by atoms with van der Waals surface area (Å²) in [6.45, 7) is 3.57. The summed E-state index contributed by atoms with van der Waals surface area (Å²) in [6.07, 6.45) is -2.02. The van der Waals surface area contributed by atoms with Gasteiger partial charge in [-0.3, -0.25) is 9.36 Å². The first-order valence-electron chi connectivity index (χ1n) is 7.09. The summed E-state index contributed by atoms with van der Waals surface area (Å²) in [6, 6.07) is 0.885. The second kappa shape index (κ2) is 6.55. The third kappa shape index (κ3) is 4.15. The van der Waals surface area contributed by atoms with Crippen LogP contribution < -0.4 is 4.72 Å². The van der Waals surface area contributed by atoms with E-state index in [9.17, 15) is 21.6 Å². The van der Waals surface area contributed by atoms with E-state index in [4.69, 9.17) is 0 Å². The van der Waals surface area contributed by atoms with Gasteiger partial charge in [-0.15, -0.1) is 0 Å². The first kappa shape index (κ1) is 18.5. The van der Waals surface area contributed by atoms with Crippen LogP contribution in [0.25, 0.3) is 0 Å². The van der Waals surface area contributed by atoms with Gasteiger partial charge in [-0.1, -0.05) is 6.92 Å². The molecule has 134 valence electrons. The molecule has 0 bridgehead atoms. The summed E-state index contributed by atoms with van der Waals surface area (Å²) in [5, 5.41) is 7.32. The topological polar surface area (TPSA) is 81.8 Å². The number of nitrogens with zero attached hydrogens (tertiary/aromatic N) is 4. The molecule has 0 aliphatic heterocycles. The van der Waals surface area contributed by atoms with Crippen molar-refractivity contribution in [2.75, 3.05) is 6.54 Å². The molecular formula is C13H18F3N5O2S. The predicted octanol–water partition coefficient (Wildman–Crippen LogP) is 1.56. The molecule has 2 heterocycles. The van der Waals surface area contributed by atoms with E-state index in [0.717, 1.165) is 10.7 Å². The minimum atomic E-state index is -4.49. The third-order valence-electron chi connectivity index (χ3n) is 3.53. The maximum Gasteiger partial charge on any atom is 0.435 e. The lowest BCUT2D eigenvalue weighted by atomic mass is 10.2. The summed E-state index contributed by atoms with van der Waals surface area (Å²) in [7, 11) is -2.09. The van der Waals surface area contributed by atoms with Crippen molar-refractivity contribution >= 4 is 10.0 Å². The normalized spacial score (nSPS) is 14.1. The summed E-state index contributed by atoms with van der Waals surface area (Å²) in [5.41, 5.74) is -0.474. The van der Waals surface area contributed by atoms with E-state index in [0.29, 0.717) is 5.69 Å². The Balaban J connectivity index is 1.97. The number of nitrogens with one attached hydrogen (secondary N) is 1. The van der Waals surface area contributed by atoms with Crippen LogP contribution in [-0.2, 0) is 29.8 Å². The molecule has 0 aliphatic carbocycles. The third-order valence-corrected chi connectivity index (χ3v) is 5.06. The first-order chi connectivity index (χ1) is 11.0. The molecule has 0 aliphatic rings. The zero-order valence-electron chi connectivity index (χ0n) is 13.4. The average Bonchev–Trinajstić information content (AvgIpc) is 3.05. The number of aryl methyl sites for hydroxylation is 1. The van der Waals surface area contributed by atoms with Gasteiger partial charge in [0.15, 0.2) is 5.69 Å². The van der Waals surface area contributed by atoms with Gasteiger partial charge in [-0.25, -0.2) is 13.1 Å². The maximum atomic E-state index is 12.5. The molecule has 0 unspecified atom stereocenters. The molecule has 1 atom stereocenters. The lowest BCUT2D eigenvalue weighted by molar-refractivity contribution is -0.141. The number of sulfonamides is 1. The van der Waals surface area contributed by atoms with Crippen molar-refractivity contribution in [1.82, 2.24) is 24.3 Å². The van der Waals surface area contributed by atoms with Crippen LogP contribution in [0.2, 0.25) is 0 Å². The van der Waals surface area contributed by atoms with Gasteiger partial charge in [0.2, 0.25) is 10.0 Å². The molecule has 2 aromatic heterocycles. The van der Waals surface area contributed by atoms with Crippen LogP contribution in [0.1, 0.15) is 18.3 Å². The van der Waals surface area contributed by atoms with Gasteiger partial charge in [0.1, 0.15) is 4.90 Å². The molecule has 0 aromatic carbocycles. The van der Waals surface area contributed by atoms with Gasteiger partial charge in [0.25, 0.3) is 0 Å². The quantitative estimate of drug-likeness (QED) is 0.842. The SMILES string of the molecule is Cc1c(S(=O)(=O)NC[C@@H](C)Cn2ccc(C(F)(F)F)n2)cnn1C. The number of aromatic nitrogens is 4. The molecule has 0 radical (unpaired) electrons. The van der Waals surface area contributed by atoms with Crippen LogP contribution in [0.5, 0.6) is 0 Å². The number of hydrogen-bond donors (Lipinski definition) is 1. The Morgan fingerprint density at radius 1 is 1.38 bits per heavy atom.